The number of aliphatic hydroxyl groups is 1. The molecule has 7 heteroatoms. The Morgan fingerprint density at radius 1 is 0.967 bits per heavy atom. The minimum Gasteiger partial charge on any atom is -0.395 e. The van der Waals surface area contributed by atoms with Crippen molar-refractivity contribution in [2.75, 3.05) is 20.2 Å². The molecule has 0 aliphatic carbocycles. The van der Waals surface area contributed by atoms with Gasteiger partial charge in [0.15, 0.2) is 0 Å². The predicted molar refractivity (Wildman–Crippen MR) is 112 cm³/mol. The van der Waals surface area contributed by atoms with Crippen molar-refractivity contribution in [3.8, 4) is 0 Å². The summed E-state index contributed by atoms with van der Waals surface area (Å²) in [7, 11) is 1.75. The van der Waals surface area contributed by atoms with E-state index in [1.807, 2.05) is 12.1 Å². The summed E-state index contributed by atoms with van der Waals surface area (Å²) in [5.74, 6) is -1.06. The van der Waals surface area contributed by atoms with E-state index in [0.29, 0.717) is 24.9 Å². The molecule has 2 aromatic carbocycles. The second-order valence-electron chi connectivity index (χ2n) is 7.33. The number of unbranched alkanes of at least 4 members (excludes halogenated alkanes) is 3. The van der Waals surface area contributed by atoms with Gasteiger partial charge in [-0.3, -0.25) is 14.8 Å². The predicted octanol–water partition coefficient (Wildman–Crippen LogP) is 3.48. The van der Waals surface area contributed by atoms with Crippen molar-refractivity contribution in [2.45, 2.75) is 38.0 Å². The van der Waals surface area contributed by atoms with Crippen LogP contribution in [0.3, 0.4) is 0 Å². The summed E-state index contributed by atoms with van der Waals surface area (Å²) in [5, 5.41) is 18.2. The van der Waals surface area contributed by atoms with Crippen molar-refractivity contribution >= 4 is 11.8 Å². The zero-order valence-electron chi connectivity index (χ0n) is 17.2. The Balaban J connectivity index is 1.86. The molecule has 0 saturated heterocycles. The van der Waals surface area contributed by atoms with Crippen LogP contribution in [-0.2, 0) is 4.79 Å². The second-order valence-corrected chi connectivity index (χ2v) is 7.33. The molecule has 0 radical (unpaired) electrons. The molecular weight excluding hydrogens is 387 g/mol. The standard InChI is InChI=1S/C23H29FN2O4/c1-26(15-5-3-2-4-6-22(28)25-30)23(29)19-9-7-17(8-10-19)21(16-27)18-11-13-20(24)14-12-18/h7-14,21,27,30H,2-6,15-16H2,1H3,(H,25,28). The first kappa shape index (κ1) is 23.5. The number of hydrogen-bond donors (Lipinski definition) is 3. The zero-order chi connectivity index (χ0) is 21.9. The number of amides is 2. The minimum atomic E-state index is -0.381. The average molecular weight is 416 g/mol. The second kappa shape index (κ2) is 12.0. The lowest BCUT2D eigenvalue weighted by Crippen LogP contribution is -2.27. The zero-order valence-corrected chi connectivity index (χ0v) is 17.2. The van der Waals surface area contributed by atoms with Gasteiger partial charge < -0.3 is 10.0 Å². The van der Waals surface area contributed by atoms with Crippen LogP contribution in [0.5, 0.6) is 0 Å². The highest BCUT2D eigenvalue weighted by Gasteiger charge is 2.16. The first-order valence-corrected chi connectivity index (χ1v) is 10.1. The maximum Gasteiger partial charge on any atom is 0.253 e. The highest BCUT2D eigenvalue weighted by Crippen LogP contribution is 2.25. The Labute approximate surface area is 176 Å². The van der Waals surface area contributed by atoms with E-state index >= 15 is 0 Å². The molecule has 0 saturated carbocycles. The number of carbonyl (C=O) groups excluding carboxylic acids is 2. The van der Waals surface area contributed by atoms with Crippen LogP contribution in [0.25, 0.3) is 0 Å². The quantitative estimate of drug-likeness (QED) is 0.297. The van der Waals surface area contributed by atoms with Gasteiger partial charge in [-0.1, -0.05) is 37.1 Å². The van der Waals surface area contributed by atoms with Gasteiger partial charge in [0.05, 0.1) is 6.61 Å². The number of aliphatic hydroxyl groups excluding tert-OH is 1. The molecule has 0 aliphatic rings. The van der Waals surface area contributed by atoms with Gasteiger partial charge in [0.1, 0.15) is 5.82 Å². The van der Waals surface area contributed by atoms with Gasteiger partial charge in [0.2, 0.25) is 5.91 Å². The molecule has 0 spiro atoms. The molecular formula is C23H29FN2O4. The molecule has 0 aliphatic heterocycles. The maximum atomic E-state index is 13.1. The third-order valence-electron chi connectivity index (χ3n) is 5.13. The number of nitrogens with zero attached hydrogens (tertiary/aromatic N) is 1. The van der Waals surface area contributed by atoms with E-state index in [2.05, 4.69) is 0 Å². The number of hydroxylamine groups is 1. The molecule has 30 heavy (non-hydrogen) atoms. The molecule has 162 valence electrons. The van der Waals surface area contributed by atoms with Crippen molar-refractivity contribution in [1.82, 2.24) is 10.4 Å². The van der Waals surface area contributed by atoms with E-state index in [0.717, 1.165) is 30.4 Å². The molecule has 2 amide bonds. The summed E-state index contributed by atoms with van der Waals surface area (Å²) >= 11 is 0. The smallest absolute Gasteiger partial charge is 0.253 e. The molecule has 1 unspecified atom stereocenters. The third kappa shape index (κ3) is 6.93. The van der Waals surface area contributed by atoms with Gasteiger partial charge in [-0.25, -0.2) is 9.87 Å². The summed E-state index contributed by atoms with van der Waals surface area (Å²) in [6.07, 6.45) is 3.58. The van der Waals surface area contributed by atoms with Crippen LogP contribution < -0.4 is 5.48 Å². The Hall–Kier alpha value is -2.77. The average Bonchev–Trinajstić information content (AvgIpc) is 2.77. The Morgan fingerprint density at radius 2 is 1.53 bits per heavy atom. The molecule has 0 heterocycles. The summed E-state index contributed by atoms with van der Waals surface area (Å²) in [6.45, 7) is 0.500. The van der Waals surface area contributed by atoms with Crippen LogP contribution in [0.15, 0.2) is 48.5 Å². The van der Waals surface area contributed by atoms with Gasteiger partial charge in [-0.2, -0.15) is 0 Å². The highest BCUT2D eigenvalue weighted by atomic mass is 19.1. The van der Waals surface area contributed by atoms with Crippen LogP contribution >= 0.6 is 0 Å². The summed E-state index contributed by atoms with van der Waals surface area (Å²) in [6, 6.07) is 13.2. The number of halogens is 1. The topological polar surface area (TPSA) is 89.9 Å². The fourth-order valence-corrected chi connectivity index (χ4v) is 3.32. The fraction of sp³-hybridized carbons (Fsp3) is 0.391. The Morgan fingerprint density at radius 3 is 2.10 bits per heavy atom. The van der Waals surface area contributed by atoms with E-state index in [1.165, 1.54) is 12.1 Å². The van der Waals surface area contributed by atoms with E-state index in [-0.39, 0.29) is 30.2 Å². The summed E-state index contributed by atoms with van der Waals surface area (Å²) < 4.78 is 13.1. The first-order chi connectivity index (χ1) is 14.5. The molecule has 0 bridgehead atoms. The van der Waals surface area contributed by atoms with Crippen molar-refractivity contribution in [3.63, 3.8) is 0 Å². The lowest BCUT2D eigenvalue weighted by atomic mass is 9.91. The van der Waals surface area contributed by atoms with Gasteiger partial charge in [-0.05, 0) is 48.2 Å². The lowest BCUT2D eigenvalue weighted by Gasteiger charge is -2.19. The monoisotopic (exact) mass is 416 g/mol. The summed E-state index contributed by atoms with van der Waals surface area (Å²) in [4.78, 5) is 25.2. The molecule has 3 N–H and O–H groups in total. The lowest BCUT2D eigenvalue weighted by molar-refractivity contribution is -0.129. The summed E-state index contributed by atoms with van der Waals surface area (Å²) in [5.41, 5.74) is 3.85. The van der Waals surface area contributed by atoms with Crippen molar-refractivity contribution in [3.05, 3.63) is 71.0 Å². The molecule has 1 atom stereocenters. The van der Waals surface area contributed by atoms with Crippen LogP contribution in [-0.4, -0.2) is 47.2 Å². The van der Waals surface area contributed by atoms with Crippen LogP contribution in [0, 0.1) is 5.82 Å². The van der Waals surface area contributed by atoms with Gasteiger partial charge >= 0.3 is 0 Å². The number of carbonyl (C=O) groups is 2. The SMILES string of the molecule is CN(CCCCCCC(=O)NO)C(=O)c1ccc(C(CO)c2ccc(F)cc2)cc1. The fourth-order valence-electron chi connectivity index (χ4n) is 3.32. The largest absolute Gasteiger partial charge is 0.395 e. The molecule has 0 aromatic heterocycles. The molecule has 2 aromatic rings. The Kier molecular flexibility index (Phi) is 9.44. The van der Waals surface area contributed by atoms with Crippen molar-refractivity contribution in [1.29, 1.82) is 0 Å². The van der Waals surface area contributed by atoms with Crippen LogP contribution in [0.2, 0.25) is 0 Å². The van der Waals surface area contributed by atoms with Crippen molar-refractivity contribution in [2.24, 2.45) is 0 Å². The highest BCUT2D eigenvalue weighted by molar-refractivity contribution is 5.94. The van der Waals surface area contributed by atoms with E-state index in [1.54, 1.807) is 41.7 Å². The van der Waals surface area contributed by atoms with Gasteiger partial charge in [-0.15, -0.1) is 0 Å². The number of hydrogen-bond acceptors (Lipinski definition) is 4. The first-order valence-electron chi connectivity index (χ1n) is 10.1. The molecule has 6 nitrogen and oxygen atoms in total. The van der Waals surface area contributed by atoms with Gasteiger partial charge in [0.25, 0.3) is 5.91 Å². The normalized spacial score (nSPS) is 11.7. The minimum absolute atomic E-state index is 0.0801. The maximum absolute atomic E-state index is 13.1. The number of rotatable bonds is 11. The van der Waals surface area contributed by atoms with Gasteiger partial charge in [0, 0.05) is 31.5 Å². The van der Waals surface area contributed by atoms with Crippen LogP contribution in [0.4, 0.5) is 4.39 Å². The van der Waals surface area contributed by atoms with E-state index < -0.39 is 0 Å². The third-order valence-corrected chi connectivity index (χ3v) is 5.13. The van der Waals surface area contributed by atoms with Crippen LogP contribution in [0.1, 0.15) is 59.5 Å². The molecule has 2 rings (SSSR count). The molecule has 0 fully saturated rings. The van der Waals surface area contributed by atoms with E-state index in [9.17, 15) is 19.1 Å². The number of nitrogens with one attached hydrogen (secondary N) is 1. The van der Waals surface area contributed by atoms with E-state index in [4.69, 9.17) is 5.21 Å². The van der Waals surface area contributed by atoms with Crippen molar-refractivity contribution < 1.29 is 24.3 Å². The number of benzene rings is 2. The Bertz CT molecular complexity index is 809.